The molecule has 4 aromatic carbocycles. The Bertz CT molecular complexity index is 1470. The first-order chi connectivity index (χ1) is 14.6. The number of benzene rings is 4. The molecule has 0 bridgehead atoms. The van der Waals surface area contributed by atoms with E-state index in [1.165, 1.54) is 6.07 Å². The topological polar surface area (TPSA) is 112 Å². The molecule has 0 atom stereocenters. The first-order valence-electron chi connectivity index (χ1n) is 9.15. The van der Waals surface area contributed by atoms with Gasteiger partial charge in [0.15, 0.2) is 0 Å². The molecule has 160 valence electrons. The molecule has 4 aromatic rings. The van der Waals surface area contributed by atoms with Crippen LogP contribution >= 0.6 is 0 Å². The molecule has 1 N–H and O–H groups in total. The molecule has 0 unspecified atom stereocenters. The van der Waals surface area contributed by atoms with Gasteiger partial charge < -0.3 is 4.55 Å². The summed E-state index contributed by atoms with van der Waals surface area (Å²) in [5.74, 6) is 0. The van der Waals surface area contributed by atoms with Crippen molar-refractivity contribution < 1.29 is 55.5 Å². The van der Waals surface area contributed by atoms with Gasteiger partial charge in [0, 0.05) is 5.39 Å². The Balaban J connectivity index is 0.000000224. The van der Waals surface area contributed by atoms with E-state index < -0.39 is 20.2 Å². The number of hydrogen-bond donors (Lipinski definition) is 1. The van der Waals surface area contributed by atoms with Crippen LogP contribution in [0.3, 0.4) is 0 Å². The molecule has 32 heavy (non-hydrogen) atoms. The maximum Gasteiger partial charge on any atom is 1.00 e. The van der Waals surface area contributed by atoms with E-state index >= 15 is 0 Å². The zero-order valence-corrected chi connectivity index (χ0v) is 20.9. The van der Waals surface area contributed by atoms with Crippen LogP contribution in [0.15, 0.2) is 101 Å². The summed E-state index contributed by atoms with van der Waals surface area (Å²) in [6.45, 7) is 3.58. The summed E-state index contributed by atoms with van der Waals surface area (Å²) in [5.41, 5.74) is 0.557. The van der Waals surface area contributed by atoms with Crippen LogP contribution in [0.1, 0.15) is 5.56 Å². The SMILES string of the molecule is C=CCc1ccc2ccccc2c1S(=O)(=O)O.O=S(=O)([O-])c1cccc2ccccc12.[Na+]. The number of hydrogen-bond acceptors (Lipinski definition) is 5. The first-order valence-corrected chi connectivity index (χ1v) is 12.0. The van der Waals surface area contributed by atoms with Crippen LogP contribution in [0.25, 0.3) is 21.5 Å². The van der Waals surface area contributed by atoms with E-state index in [-0.39, 0.29) is 39.3 Å². The van der Waals surface area contributed by atoms with Crippen molar-refractivity contribution in [3.63, 3.8) is 0 Å². The number of rotatable bonds is 4. The smallest absolute Gasteiger partial charge is 0.744 e. The zero-order chi connectivity index (χ0) is 22.6. The normalized spacial score (nSPS) is 11.3. The third-order valence-electron chi connectivity index (χ3n) is 4.60. The molecule has 0 amide bonds. The van der Waals surface area contributed by atoms with Gasteiger partial charge in [-0.25, -0.2) is 8.42 Å². The van der Waals surface area contributed by atoms with Gasteiger partial charge in [0.05, 0.1) is 4.90 Å². The van der Waals surface area contributed by atoms with Crippen LogP contribution in [-0.2, 0) is 26.7 Å². The summed E-state index contributed by atoms with van der Waals surface area (Å²) in [4.78, 5) is -0.175. The second-order valence-corrected chi connectivity index (χ2v) is 9.38. The molecule has 0 heterocycles. The van der Waals surface area contributed by atoms with E-state index in [2.05, 4.69) is 6.58 Å². The Morgan fingerprint density at radius 3 is 1.88 bits per heavy atom. The maximum atomic E-state index is 11.5. The van der Waals surface area contributed by atoms with Gasteiger partial charge in [0.25, 0.3) is 10.1 Å². The van der Waals surface area contributed by atoms with Crippen molar-refractivity contribution in [1.29, 1.82) is 0 Å². The summed E-state index contributed by atoms with van der Waals surface area (Å²) in [6.07, 6.45) is 2.01. The molecule has 0 spiro atoms. The van der Waals surface area contributed by atoms with Crippen molar-refractivity contribution >= 4 is 41.8 Å². The molecule has 0 saturated heterocycles. The van der Waals surface area contributed by atoms with Crippen LogP contribution in [0.2, 0.25) is 0 Å². The average molecular weight is 479 g/mol. The average Bonchev–Trinajstić information content (AvgIpc) is 2.72. The number of fused-ring (bicyclic) bond motifs is 2. The van der Waals surface area contributed by atoms with Gasteiger partial charge in [-0.3, -0.25) is 4.55 Å². The fraction of sp³-hybridized carbons (Fsp3) is 0.0435. The number of allylic oxidation sites excluding steroid dienone is 1. The van der Waals surface area contributed by atoms with Crippen LogP contribution in [0.5, 0.6) is 0 Å². The third kappa shape index (κ3) is 6.05. The Morgan fingerprint density at radius 2 is 1.31 bits per heavy atom. The fourth-order valence-electron chi connectivity index (χ4n) is 3.32. The molecular formula is C23H19NaO6S2. The molecule has 4 rings (SSSR count). The van der Waals surface area contributed by atoms with Gasteiger partial charge >= 0.3 is 29.6 Å². The molecule has 0 radical (unpaired) electrons. The van der Waals surface area contributed by atoms with Gasteiger partial charge in [-0.05, 0) is 34.2 Å². The predicted molar refractivity (Wildman–Crippen MR) is 120 cm³/mol. The van der Waals surface area contributed by atoms with E-state index in [1.54, 1.807) is 60.7 Å². The third-order valence-corrected chi connectivity index (χ3v) is 6.49. The van der Waals surface area contributed by atoms with E-state index in [1.807, 2.05) is 18.2 Å². The fourth-order valence-corrected chi connectivity index (χ4v) is 4.97. The van der Waals surface area contributed by atoms with E-state index in [9.17, 15) is 25.9 Å². The van der Waals surface area contributed by atoms with Crippen molar-refractivity contribution in [3.8, 4) is 0 Å². The summed E-state index contributed by atoms with van der Waals surface area (Å²) >= 11 is 0. The van der Waals surface area contributed by atoms with Crippen LogP contribution < -0.4 is 29.6 Å². The van der Waals surface area contributed by atoms with Crippen LogP contribution in [-0.4, -0.2) is 25.9 Å². The minimum absolute atomic E-state index is 0. The summed E-state index contributed by atoms with van der Waals surface area (Å²) < 4.78 is 64.9. The largest absolute Gasteiger partial charge is 1.00 e. The van der Waals surface area contributed by atoms with Gasteiger partial charge in [-0.2, -0.15) is 8.42 Å². The van der Waals surface area contributed by atoms with Gasteiger partial charge in [-0.15, -0.1) is 6.58 Å². The molecule has 0 aliphatic rings. The summed E-state index contributed by atoms with van der Waals surface area (Å²) in [6, 6.07) is 22.1. The van der Waals surface area contributed by atoms with Crippen molar-refractivity contribution in [2.24, 2.45) is 0 Å². The Morgan fingerprint density at radius 1 is 0.781 bits per heavy atom. The van der Waals surface area contributed by atoms with E-state index in [0.717, 1.165) is 10.8 Å². The van der Waals surface area contributed by atoms with Crippen molar-refractivity contribution in [3.05, 3.63) is 97.1 Å². The standard InChI is InChI=1S/C13H12O3S.C10H8O3S.Na/c1-2-5-11-9-8-10-6-3-4-7-12(10)13(11)17(14,15)16;11-14(12,13)10-7-3-5-8-4-1-2-6-9(8)10;/h2-4,6-9H,1,5H2,(H,14,15,16);1-7H,(H,11,12,13);/q;;+1/p-1. The Kier molecular flexibility index (Phi) is 8.78. The van der Waals surface area contributed by atoms with Crippen LogP contribution in [0, 0.1) is 0 Å². The predicted octanol–water partition coefficient (Wildman–Crippen LogP) is 1.56. The minimum Gasteiger partial charge on any atom is -0.744 e. The first kappa shape index (κ1) is 26.2. The van der Waals surface area contributed by atoms with Crippen molar-refractivity contribution in [2.45, 2.75) is 16.2 Å². The molecular weight excluding hydrogens is 459 g/mol. The molecule has 0 aromatic heterocycles. The molecule has 0 fully saturated rings. The second-order valence-electron chi connectivity index (χ2n) is 6.67. The zero-order valence-electron chi connectivity index (χ0n) is 17.3. The molecule has 0 aliphatic carbocycles. The van der Waals surface area contributed by atoms with Gasteiger partial charge in [-0.1, -0.05) is 78.9 Å². The van der Waals surface area contributed by atoms with E-state index in [4.69, 9.17) is 0 Å². The maximum absolute atomic E-state index is 11.5. The molecule has 9 heteroatoms. The van der Waals surface area contributed by atoms with Crippen molar-refractivity contribution in [1.82, 2.24) is 0 Å². The van der Waals surface area contributed by atoms with Gasteiger partial charge in [0.1, 0.15) is 15.0 Å². The molecule has 0 aliphatic heterocycles. The monoisotopic (exact) mass is 478 g/mol. The molecule has 6 nitrogen and oxygen atoms in total. The summed E-state index contributed by atoms with van der Waals surface area (Å²) in [7, 11) is -8.61. The Labute approximate surface area is 209 Å². The van der Waals surface area contributed by atoms with Gasteiger partial charge in [0.2, 0.25) is 0 Å². The van der Waals surface area contributed by atoms with Crippen LogP contribution in [0.4, 0.5) is 0 Å². The second kappa shape index (κ2) is 10.7. The van der Waals surface area contributed by atoms with Crippen molar-refractivity contribution in [2.75, 3.05) is 0 Å². The summed E-state index contributed by atoms with van der Waals surface area (Å²) in [5, 5.41) is 2.55. The molecule has 0 saturated carbocycles. The van der Waals surface area contributed by atoms with E-state index in [0.29, 0.717) is 22.8 Å². The quantitative estimate of drug-likeness (QED) is 0.271. The Hall–Kier alpha value is -2.04. The minimum atomic E-state index is -4.38.